The number of anilines is 1. The first-order chi connectivity index (χ1) is 8.90. The fourth-order valence-corrected chi connectivity index (χ4v) is 3.79. The Bertz CT molecular complexity index is 556. The van der Waals surface area contributed by atoms with Crippen molar-refractivity contribution in [2.75, 3.05) is 12.3 Å². The van der Waals surface area contributed by atoms with Crippen LogP contribution in [-0.4, -0.2) is 27.2 Å². The van der Waals surface area contributed by atoms with Gasteiger partial charge in [0.25, 0.3) is 0 Å². The molecular formula is C12H17ClN2O3S. The van der Waals surface area contributed by atoms with E-state index in [0.29, 0.717) is 11.6 Å². The lowest BCUT2D eigenvalue weighted by Gasteiger charge is -2.20. The number of rotatable bonds is 4. The van der Waals surface area contributed by atoms with Crippen LogP contribution < -0.4 is 10.5 Å². The standard InChI is InChI=1S/C12H17ClN2O3S/c1-8(11-3-2-6-18-11)15-19(16,17)12-7-9(13)4-5-10(12)14/h4-5,7-8,11,15H,2-3,6,14H2,1H3. The van der Waals surface area contributed by atoms with Gasteiger partial charge in [0.05, 0.1) is 11.8 Å². The van der Waals surface area contributed by atoms with Crippen LogP contribution in [0.4, 0.5) is 5.69 Å². The van der Waals surface area contributed by atoms with E-state index < -0.39 is 10.0 Å². The van der Waals surface area contributed by atoms with Crippen molar-refractivity contribution >= 4 is 27.3 Å². The van der Waals surface area contributed by atoms with Crippen molar-refractivity contribution in [3.63, 3.8) is 0 Å². The average Bonchev–Trinajstić information content (AvgIpc) is 2.85. The number of hydrogen-bond donors (Lipinski definition) is 2. The molecule has 2 atom stereocenters. The van der Waals surface area contributed by atoms with Gasteiger partial charge in [0.15, 0.2) is 0 Å². The Morgan fingerprint density at radius 2 is 2.26 bits per heavy atom. The van der Waals surface area contributed by atoms with Gasteiger partial charge in [-0.2, -0.15) is 0 Å². The molecule has 1 fully saturated rings. The van der Waals surface area contributed by atoms with Gasteiger partial charge < -0.3 is 10.5 Å². The summed E-state index contributed by atoms with van der Waals surface area (Å²) >= 11 is 5.81. The molecule has 0 spiro atoms. The van der Waals surface area contributed by atoms with E-state index in [1.807, 2.05) is 0 Å². The SMILES string of the molecule is CC(NS(=O)(=O)c1cc(Cl)ccc1N)C1CCCO1. The summed E-state index contributed by atoms with van der Waals surface area (Å²) in [5.41, 5.74) is 5.87. The first-order valence-electron chi connectivity index (χ1n) is 6.09. The second-order valence-corrected chi connectivity index (χ2v) is 6.76. The zero-order valence-electron chi connectivity index (χ0n) is 10.6. The summed E-state index contributed by atoms with van der Waals surface area (Å²) in [6.45, 7) is 2.46. The van der Waals surface area contributed by atoms with Crippen molar-refractivity contribution in [2.45, 2.75) is 36.8 Å². The molecule has 3 N–H and O–H groups in total. The highest BCUT2D eigenvalue weighted by atomic mass is 35.5. The van der Waals surface area contributed by atoms with E-state index >= 15 is 0 Å². The maximum atomic E-state index is 12.3. The topological polar surface area (TPSA) is 81.4 Å². The lowest BCUT2D eigenvalue weighted by Crippen LogP contribution is -2.40. The maximum absolute atomic E-state index is 12.3. The van der Waals surface area contributed by atoms with E-state index in [0.717, 1.165) is 12.8 Å². The first-order valence-corrected chi connectivity index (χ1v) is 7.95. The van der Waals surface area contributed by atoms with Gasteiger partial charge in [-0.25, -0.2) is 13.1 Å². The molecule has 1 aliphatic rings. The van der Waals surface area contributed by atoms with Crippen LogP contribution in [0.2, 0.25) is 5.02 Å². The molecule has 1 aromatic rings. The number of hydrogen-bond acceptors (Lipinski definition) is 4. The maximum Gasteiger partial charge on any atom is 0.242 e. The van der Waals surface area contributed by atoms with Gasteiger partial charge in [0.2, 0.25) is 10.0 Å². The van der Waals surface area contributed by atoms with E-state index in [2.05, 4.69) is 4.72 Å². The summed E-state index contributed by atoms with van der Waals surface area (Å²) in [5, 5.41) is 0.333. The van der Waals surface area contributed by atoms with Crippen molar-refractivity contribution in [3.8, 4) is 0 Å². The van der Waals surface area contributed by atoms with E-state index in [9.17, 15) is 8.42 Å². The van der Waals surface area contributed by atoms with Gasteiger partial charge in [-0.05, 0) is 38.0 Å². The molecule has 0 aliphatic carbocycles. The highest BCUT2D eigenvalue weighted by Gasteiger charge is 2.28. The van der Waals surface area contributed by atoms with Gasteiger partial charge in [0, 0.05) is 17.7 Å². The third-order valence-corrected chi connectivity index (χ3v) is 4.98. The predicted molar refractivity (Wildman–Crippen MR) is 74.6 cm³/mol. The summed E-state index contributed by atoms with van der Waals surface area (Å²) < 4.78 is 32.6. The Kier molecular flexibility index (Phi) is 4.35. The Morgan fingerprint density at radius 3 is 2.89 bits per heavy atom. The smallest absolute Gasteiger partial charge is 0.242 e. The molecule has 5 nitrogen and oxygen atoms in total. The van der Waals surface area contributed by atoms with Gasteiger partial charge >= 0.3 is 0 Å². The molecule has 0 aromatic heterocycles. The Balaban J connectivity index is 2.19. The highest BCUT2D eigenvalue weighted by molar-refractivity contribution is 7.89. The fraction of sp³-hybridized carbons (Fsp3) is 0.500. The third kappa shape index (κ3) is 3.39. The zero-order chi connectivity index (χ0) is 14.0. The van der Waals surface area contributed by atoms with Crippen LogP contribution >= 0.6 is 11.6 Å². The molecule has 1 aromatic carbocycles. The fourth-order valence-electron chi connectivity index (χ4n) is 2.12. The minimum absolute atomic E-state index is 0.00449. The monoisotopic (exact) mass is 304 g/mol. The number of ether oxygens (including phenoxy) is 1. The quantitative estimate of drug-likeness (QED) is 0.831. The van der Waals surface area contributed by atoms with E-state index in [1.54, 1.807) is 13.0 Å². The molecule has 2 rings (SSSR count). The second-order valence-electron chi connectivity index (χ2n) is 4.64. The Morgan fingerprint density at radius 1 is 1.53 bits per heavy atom. The highest BCUT2D eigenvalue weighted by Crippen LogP contribution is 2.24. The van der Waals surface area contributed by atoms with Crippen LogP contribution in [0.5, 0.6) is 0 Å². The zero-order valence-corrected chi connectivity index (χ0v) is 12.2. The van der Waals surface area contributed by atoms with Crippen molar-refractivity contribution in [3.05, 3.63) is 23.2 Å². The lowest BCUT2D eigenvalue weighted by atomic mass is 10.1. The Hall–Kier alpha value is -0.820. The molecule has 2 unspecified atom stereocenters. The molecule has 1 saturated heterocycles. The van der Waals surface area contributed by atoms with E-state index in [4.69, 9.17) is 22.1 Å². The average molecular weight is 305 g/mol. The number of nitrogens with two attached hydrogens (primary N) is 1. The van der Waals surface area contributed by atoms with E-state index in [1.165, 1.54) is 12.1 Å². The van der Waals surface area contributed by atoms with Crippen molar-refractivity contribution < 1.29 is 13.2 Å². The van der Waals surface area contributed by atoms with Crippen LogP contribution in [0.25, 0.3) is 0 Å². The lowest BCUT2D eigenvalue weighted by molar-refractivity contribution is 0.0902. The summed E-state index contributed by atoms with van der Waals surface area (Å²) in [7, 11) is -3.69. The number of halogens is 1. The molecule has 0 saturated carbocycles. The van der Waals surface area contributed by atoms with Crippen LogP contribution in [0, 0.1) is 0 Å². The van der Waals surface area contributed by atoms with Gasteiger partial charge in [-0.1, -0.05) is 11.6 Å². The largest absolute Gasteiger partial charge is 0.398 e. The van der Waals surface area contributed by atoms with E-state index in [-0.39, 0.29) is 22.7 Å². The normalized spacial score (nSPS) is 21.5. The Labute approximate surface area is 118 Å². The summed E-state index contributed by atoms with van der Waals surface area (Å²) in [5.74, 6) is 0. The van der Waals surface area contributed by atoms with Crippen molar-refractivity contribution in [1.82, 2.24) is 4.72 Å². The molecule has 0 amide bonds. The van der Waals surface area contributed by atoms with Gasteiger partial charge in [0.1, 0.15) is 4.90 Å². The molecule has 106 valence electrons. The second kappa shape index (κ2) is 5.66. The molecular weight excluding hydrogens is 288 g/mol. The molecule has 0 bridgehead atoms. The summed E-state index contributed by atoms with van der Waals surface area (Å²) in [4.78, 5) is 0.00449. The van der Waals surface area contributed by atoms with Gasteiger partial charge in [-0.3, -0.25) is 0 Å². The van der Waals surface area contributed by atoms with Crippen LogP contribution in [0.15, 0.2) is 23.1 Å². The van der Waals surface area contributed by atoms with Crippen LogP contribution in [0.1, 0.15) is 19.8 Å². The van der Waals surface area contributed by atoms with Crippen LogP contribution in [0.3, 0.4) is 0 Å². The first kappa shape index (κ1) is 14.6. The molecule has 1 heterocycles. The molecule has 0 radical (unpaired) electrons. The minimum Gasteiger partial charge on any atom is -0.398 e. The van der Waals surface area contributed by atoms with Crippen molar-refractivity contribution in [1.29, 1.82) is 0 Å². The van der Waals surface area contributed by atoms with Crippen molar-refractivity contribution in [2.24, 2.45) is 0 Å². The molecule has 1 aliphatic heterocycles. The minimum atomic E-state index is -3.69. The molecule has 19 heavy (non-hydrogen) atoms. The summed E-state index contributed by atoms with van der Waals surface area (Å²) in [6.07, 6.45) is 1.72. The number of benzene rings is 1. The predicted octanol–water partition coefficient (Wildman–Crippen LogP) is 1.77. The van der Waals surface area contributed by atoms with Gasteiger partial charge in [-0.15, -0.1) is 0 Å². The molecule has 7 heteroatoms. The summed E-state index contributed by atoms with van der Waals surface area (Å²) in [6, 6.07) is 4.08. The number of nitrogen functional groups attached to an aromatic ring is 1. The third-order valence-electron chi connectivity index (χ3n) is 3.13. The van der Waals surface area contributed by atoms with Crippen LogP contribution in [-0.2, 0) is 14.8 Å². The number of sulfonamides is 1. The number of nitrogens with one attached hydrogen (secondary N) is 1.